The van der Waals surface area contributed by atoms with Gasteiger partial charge in [-0.25, -0.2) is 0 Å². The number of benzene rings is 2. The molecule has 1 atom stereocenters. The normalized spacial score (nSPS) is 11.3. The van der Waals surface area contributed by atoms with E-state index in [-0.39, 0.29) is 28.2 Å². The third-order valence-electron chi connectivity index (χ3n) is 3.71. The smallest absolute Gasteiger partial charge is 0.271 e. The van der Waals surface area contributed by atoms with Crippen molar-refractivity contribution in [2.45, 2.75) is 19.9 Å². The monoisotopic (exact) mass is 406 g/mol. The van der Waals surface area contributed by atoms with E-state index < -0.39 is 11.0 Å². The van der Waals surface area contributed by atoms with E-state index in [0.29, 0.717) is 17.1 Å². The van der Waals surface area contributed by atoms with E-state index >= 15 is 0 Å². The van der Waals surface area contributed by atoms with E-state index in [2.05, 4.69) is 16.0 Å². The minimum absolute atomic E-state index is 0.0658. The van der Waals surface area contributed by atoms with E-state index in [1.807, 2.05) is 0 Å². The van der Waals surface area contributed by atoms with Gasteiger partial charge in [0, 0.05) is 30.8 Å². The number of ether oxygens (including phenoxy) is 1. The number of carbonyl (C=O) groups excluding carboxylic acids is 2. The molecule has 0 bridgehead atoms. The van der Waals surface area contributed by atoms with Gasteiger partial charge in [0.05, 0.1) is 28.4 Å². The van der Waals surface area contributed by atoms with E-state index in [1.54, 1.807) is 25.1 Å². The molecule has 0 saturated carbocycles. The SMILES string of the molecule is COc1cc(NC(C)C(=O)Nc2ccc([N+](=O)[O-])cc2Cl)ccc1NC(C)=O. The summed E-state index contributed by atoms with van der Waals surface area (Å²) in [5, 5.41) is 19.1. The van der Waals surface area contributed by atoms with Gasteiger partial charge in [-0.15, -0.1) is 0 Å². The molecule has 2 amide bonds. The highest BCUT2D eigenvalue weighted by Gasteiger charge is 2.17. The predicted molar refractivity (Wildman–Crippen MR) is 107 cm³/mol. The maximum absolute atomic E-state index is 12.4. The molecule has 1 unspecified atom stereocenters. The Hall–Kier alpha value is -3.33. The van der Waals surface area contributed by atoms with Crippen molar-refractivity contribution in [3.05, 3.63) is 51.5 Å². The molecule has 9 nitrogen and oxygen atoms in total. The molecule has 0 aliphatic heterocycles. The quantitative estimate of drug-likeness (QED) is 0.476. The summed E-state index contributed by atoms with van der Waals surface area (Å²) in [5.74, 6) is -0.182. The van der Waals surface area contributed by atoms with Gasteiger partial charge in [0.15, 0.2) is 0 Å². The molecule has 0 aliphatic rings. The van der Waals surface area contributed by atoms with Crippen LogP contribution in [0.15, 0.2) is 36.4 Å². The Kier molecular flexibility index (Phi) is 6.78. The number of rotatable bonds is 7. The maximum Gasteiger partial charge on any atom is 0.271 e. The van der Waals surface area contributed by atoms with Gasteiger partial charge in [0.1, 0.15) is 11.8 Å². The lowest BCUT2D eigenvalue weighted by molar-refractivity contribution is -0.384. The number of nitrogens with zero attached hydrogens (tertiary/aromatic N) is 1. The first-order chi connectivity index (χ1) is 13.2. The van der Waals surface area contributed by atoms with Crippen molar-refractivity contribution in [1.82, 2.24) is 0 Å². The largest absolute Gasteiger partial charge is 0.494 e. The highest BCUT2D eigenvalue weighted by atomic mass is 35.5. The molecule has 0 fully saturated rings. The molecule has 0 saturated heterocycles. The number of non-ortho nitro benzene ring substituents is 1. The molecule has 2 aromatic rings. The lowest BCUT2D eigenvalue weighted by Gasteiger charge is -2.17. The van der Waals surface area contributed by atoms with Crippen LogP contribution in [0.2, 0.25) is 5.02 Å². The van der Waals surface area contributed by atoms with E-state index in [4.69, 9.17) is 16.3 Å². The summed E-state index contributed by atoms with van der Waals surface area (Å²) in [4.78, 5) is 33.8. The molecule has 0 aliphatic carbocycles. The number of nitro groups is 1. The van der Waals surface area contributed by atoms with Gasteiger partial charge in [-0.05, 0) is 25.1 Å². The molecule has 0 spiro atoms. The van der Waals surface area contributed by atoms with Crippen LogP contribution >= 0.6 is 11.6 Å². The summed E-state index contributed by atoms with van der Waals surface area (Å²) in [6, 6.07) is 8.13. The van der Waals surface area contributed by atoms with Crippen LogP contribution in [0.1, 0.15) is 13.8 Å². The van der Waals surface area contributed by atoms with Gasteiger partial charge in [0.2, 0.25) is 11.8 Å². The van der Waals surface area contributed by atoms with Crippen molar-refractivity contribution in [2.24, 2.45) is 0 Å². The predicted octanol–water partition coefficient (Wildman–Crippen LogP) is 3.65. The van der Waals surface area contributed by atoms with E-state index in [1.165, 1.54) is 32.2 Å². The summed E-state index contributed by atoms with van der Waals surface area (Å²) in [6.45, 7) is 3.03. The van der Waals surface area contributed by atoms with E-state index in [0.717, 1.165) is 0 Å². The summed E-state index contributed by atoms with van der Waals surface area (Å²) >= 11 is 5.99. The molecular formula is C18H19ClN4O5. The first-order valence-electron chi connectivity index (χ1n) is 8.18. The second-order valence-corrected chi connectivity index (χ2v) is 6.28. The second kappa shape index (κ2) is 9.05. The molecule has 3 N–H and O–H groups in total. The average molecular weight is 407 g/mol. The summed E-state index contributed by atoms with van der Waals surface area (Å²) < 4.78 is 5.24. The fourth-order valence-corrected chi connectivity index (χ4v) is 2.57. The number of anilines is 3. The number of nitrogens with one attached hydrogen (secondary N) is 3. The van der Waals surface area contributed by atoms with Crippen LogP contribution in [0.5, 0.6) is 5.75 Å². The Morgan fingerprint density at radius 3 is 2.39 bits per heavy atom. The summed E-state index contributed by atoms with van der Waals surface area (Å²) in [5.41, 5.74) is 1.21. The fourth-order valence-electron chi connectivity index (χ4n) is 2.35. The average Bonchev–Trinajstić information content (AvgIpc) is 2.63. The van der Waals surface area contributed by atoms with Crippen LogP contribution in [-0.2, 0) is 9.59 Å². The molecular weight excluding hydrogens is 388 g/mol. The van der Waals surface area contributed by atoms with Crippen molar-refractivity contribution >= 4 is 46.2 Å². The molecule has 10 heteroatoms. The van der Waals surface area contributed by atoms with Crippen molar-refractivity contribution in [3.8, 4) is 5.75 Å². The molecule has 0 heterocycles. The zero-order valence-electron chi connectivity index (χ0n) is 15.4. The summed E-state index contributed by atoms with van der Waals surface area (Å²) in [7, 11) is 1.47. The first kappa shape index (κ1) is 21.0. The van der Waals surface area contributed by atoms with Crippen LogP contribution in [-0.4, -0.2) is 29.9 Å². The third kappa shape index (κ3) is 5.34. The van der Waals surface area contributed by atoms with E-state index in [9.17, 15) is 19.7 Å². The van der Waals surface area contributed by atoms with Gasteiger partial charge in [0.25, 0.3) is 5.69 Å². The lowest BCUT2D eigenvalue weighted by atomic mass is 10.2. The zero-order chi connectivity index (χ0) is 20.8. The Balaban J connectivity index is 2.08. The number of carbonyl (C=O) groups is 2. The second-order valence-electron chi connectivity index (χ2n) is 5.87. The van der Waals surface area contributed by atoms with Gasteiger partial charge >= 0.3 is 0 Å². The number of nitro benzene ring substituents is 1. The number of hydrogen-bond donors (Lipinski definition) is 3. The Bertz CT molecular complexity index is 919. The number of amides is 2. The molecule has 0 aromatic heterocycles. The van der Waals surface area contributed by atoms with Crippen molar-refractivity contribution in [1.29, 1.82) is 0 Å². The van der Waals surface area contributed by atoms with Crippen molar-refractivity contribution < 1.29 is 19.2 Å². The first-order valence-corrected chi connectivity index (χ1v) is 8.56. The Morgan fingerprint density at radius 1 is 1.14 bits per heavy atom. The topological polar surface area (TPSA) is 123 Å². The van der Waals surface area contributed by atoms with Gasteiger partial charge < -0.3 is 20.7 Å². The number of halogens is 1. The van der Waals surface area contributed by atoms with Gasteiger partial charge in [-0.2, -0.15) is 0 Å². The number of methoxy groups -OCH3 is 1. The lowest BCUT2D eigenvalue weighted by Crippen LogP contribution is -2.32. The fraction of sp³-hybridized carbons (Fsp3) is 0.222. The van der Waals surface area contributed by atoms with Crippen molar-refractivity contribution in [2.75, 3.05) is 23.1 Å². The molecule has 2 aromatic carbocycles. The van der Waals surface area contributed by atoms with Crippen LogP contribution in [0.3, 0.4) is 0 Å². The molecule has 28 heavy (non-hydrogen) atoms. The third-order valence-corrected chi connectivity index (χ3v) is 4.02. The highest BCUT2D eigenvalue weighted by molar-refractivity contribution is 6.34. The van der Waals surface area contributed by atoms with Crippen LogP contribution in [0, 0.1) is 10.1 Å². The minimum Gasteiger partial charge on any atom is -0.494 e. The minimum atomic E-state index is -0.650. The Morgan fingerprint density at radius 2 is 1.82 bits per heavy atom. The van der Waals surface area contributed by atoms with Crippen LogP contribution in [0.4, 0.5) is 22.7 Å². The van der Waals surface area contributed by atoms with Gasteiger partial charge in [-0.3, -0.25) is 19.7 Å². The maximum atomic E-state index is 12.4. The molecule has 2 rings (SSSR count). The number of hydrogen-bond acceptors (Lipinski definition) is 6. The summed E-state index contributed by atoms with van der Waals surface area (Å²) in [6.07, 6.45) is 0. The Labute approximate surface area is 166 Å². The standard InChI is InChI=1S/C18H19ClN4O5/c1-10(18(25)22-15-7-5-13(23(26)27)9-14(15)19)20-12-4-6-16(21-11(2)24)17(8-12)28-3/h4-10,20H,1-3H3,(H,21,24)(H,22,25). The van der Waals surface area contributed by atoms with Gasteiger partial charge in [-0.1, -0.05) is 11.6 Å². The molecule has 0 radical (unpaired) electrons. The molecule has 148 valence electrons. The van der Waals surface area contributed by atoms with Crippen molar-refractivity contribution in [3.63, 3.8) is 0 Å². The van der Waals surface area contributed by atoms with Crippen LogP contribution < -0.4 is 20.7 Å². The van der Waals surface area contributed by atoms with Crippen LogP contribution in [0.25, 0.3) is 0 Å². The zero-order valence-corrected chi connectivity index (χ0v) is 16.2. The highest BCUT2D eigenvalue weighted by Crippen LogP contribution is 2.29.